The molecule has 0 spiro atoms. The fourth-order valence-corrected chi connectivity index (χ4v) is 4.78. The molecule has 4 rings (SSSR count). The highest BCUT2D eigenvalue weighted by Crippen LogP contribution is 2.25. The van der Waals surface area contributed by atoms with Crippen molar-refractivity contribution in [1.29, 1.82) is 0 Å². The highest BCUT2D eigenvalue weighted by atomic mass is 16.1. The third-order valence-electron chi connectivity index (χ3n) is 6.53. The molecular weight excluding hydrogens is 370 g/mol. The summed E-state index contributed by atoms with van der Waals surface area (Å²) in [6.45, 7) is 0. The summed E-state index contributed by atoms with van der Waals surface area (Å²) >= 11 is 0. The van der Waals surface area contributed by atoms with Crippen molar-refractivity contribution in [3.05, 3.63) is 42.2 Å². The number of nitrogens with one attached hydrogen (secondary N) is 2. The summed E-state index contributed by atoms with van der Waals surface area (Å²) in [5.74, 6) is 0.174. The van der Waals surface area contributed by atoms with Crippen LogP contribution in [0.25, 0.3) is 21.8 Å². The first-order valence-electron chi connectivity index (χ1n) is 11.9. The molecule has 0 saturated heterocycles. The third kappa shape index (κ3) is 5.62. The van der Waals surface area contributed by atoms with Crippen molar-refractivity contribution in [3.8, 4) is 0 Å². The summed E-state index contributed by atoms with van der Waals surface area (Å²) < 4.78 is 0. The second-order valence-electron chi connectivity index (χ2n) is 8.92. The fourth-order valence-electron chi connectivity index (χ4n) is 4.78. The predicted molar refractivity (Wildman–Crippen MR) is 125 cm³/mol. The van der Waals surface area contributed by atoms with Crippen LogP contribution in [0.4, 0.5) is 0 Å². The first-order valence-corrected chi connectivity index (χ1v) is 11.9. The number of H-pyrrole nitrogens is 1. The van der Waals surface area contributed by atoms with Gasteiger partial charge in [-0.3, -0.25) is 9.78 Å². The maximum absolute atomic E-state index is 12.6. The Morgan fingerprint density at radius 2 is 1.57 bits per heavy atom. The van der Waals surface area contributed by atoms with Gasteiger partial charge in [-0.25, -0.2) is 0 Å². The average Bonchev–Trinajstić information content (AvgIpc) is 3.12. The molecule has 0 radical (unpaired) electrons. The van der Waals surface area contributed by atoms with Gasteiger partial charge < -0.3 is 10.3 Å². The number of amides is 1. The molecule has 0 bridgehead atoms. The zero-order chi connectivity index (χ0) is 20.6. The van der Waals surface area contributed by atoms with Crippen LogP contribution >= 0.6 is 0 Å². The van der Waals surface area contributed by atoms with Gasteiger partial charge in [-0.2, -0.15) is 0 Å². The Kier molecular flexibility index (Phi) is 7.39. The van der Waals surface area contributed by atoms with E-state index in [0.717, 1.165) is 29.6 Å². The van der Waals surface area contributed by atoms with E-state index in [1.54, 1.807) is 0 Å². The molecule has 0 atom stereocenters. The van der Waals surface area contributed by atoms with E-state index in [1.165, 1.54) is 68.6 Å². The minimum atomic E-state index is 0.174. The lowest BCUT2D eigenvalue weighted by Crippen LogP contribution is -2.35. The fraction of sp³-hybridized carbons (Fsp3) is 0.538. The van der Waals surface area contributed by atoms with Gasteiger partial charge in [-0.15, -0.1) is 0 Å². The van der Waals surface area contributed by atoms with E-state index in [1.807, 2.05) is 12.3 Å². The lowest BCUT2D eigenvalue weighted by Gasteiger charge is -2.19. The van der Waals surface area contributed by atoms with Gasteiger partial charge in [0.1, 0.15) is 0 Å². The van der Waals surface area contributed by atoms with Crippen LogP contribution in [0.1, 0.15) is 82.7 Å². The van der Waals surface area contributed by atoms with Crippen molar-refractivity contribution < 1.29 is 4.79 Å². The van der Waals surface area contributed by atoms with E-state index in [9.17, 15) is 4.79 Å². The molecule has 1 aromatic carbocycles. The van der Waals surface area contributed by atoms with E-state index in [0.29, 0.717) is 18.9 Å². The zero-order valence-electron chi connectivity index (χ0n) is 18.1. The number of fused-ring (bicyclic) bond motifs is 3. The van der Waals surface area contributed by atoms with Gasteiger partial charge in [-0.05, 0) is 31.4 Å². The van der Waals surface area contributed by atoms with E-state index in [2.05, 4.69) is 39.6 Å². The molecule has 160 valence electrons. The van der Waals surface area contributed by atoms with Crippen molar-refractivity contribution in [2.75, 3.05) is 0 Å². The monoisotopic (exact) mass is 405 g/mol. The number of rotatable bonds is 4. The van der Waals surface area contributed by atoms with Crippen LogP contribution < -0.4 is 5.32 Å². The number of carbonyl (C=O) groups is 1. The van der Waals surface area contributed by atoms with Crippen LogP contribution in [0.15, 0.2) is 36.5 Å². The van der Waals surface area contributed by atoms with Crippen LogP contribution in [0.2, 0.25) is 0 Å². The van der Waals surface area contributed by atoms with E-state index < -0.39 is 0 Å². The molecule has 4 heteroatoms. The van der Waals surface area contributed by atoms with E-state index in [-0.39, 0.29) is 5.91 Å². The molecule has 1 amide bonds. The largest absolute Gasteiger partial charge is 0.353 e. The number of hydrogen-bond donors (Lipinski definition) is 2. The maximum atomic E-state index is 12.6. The molecule has 1 saturated carbocycles. The first-order chi connectivity index (χ1) is 14.8. The highest BCUT2D eigenvalue weighted by Gasteiger charge is 2.13. The number of aryl methyl sites for hydroxylation is 1. The summed E-state index contributed by atoms with van der Waals surface area (Å²) in [6.07, 6.45) is 17.3. The van der Waals surface area contributed by atoms with Gasteiger partial charge in [0.2, 0.25) is 5.91 Å². The van der Waals surface area contributed by atoms with Gasteiger partial charge in [-0.1, -0.05) is 76.0 Å². The van der Waals surface area contributed by atoms with Crippen molar-refractivity contribution in [2.24, 2.45) is 0 Å². The molecular formula is C26H35N3O. The number of aromatic amines is 1. The number of aromatic nitrogens is 2. The maximum Gasteiger partial charge on any atom is 0.220 e. The smallest absolute Gasteiger partial charge is 0.220 e. The Morgan fingerprint density at radius 1 is 0.900 bits per heavy atom. The molecule has 1 aliphatic carbocycles. The first kappa shape index (κ1) is 20.9. The molecule has 4 nitrogen and oxygen atoms in total. The normalized spacial score (nSPS) is 17.5. The van der Waals surface area contributed by atoms with Crippen LogP contribution in [-0.2, 0) is 11.2 Å². The lowest BCUT2D eigenvalue weighted by atomic mass is 9.98. The molecule has 0 aliphatic heterocycles. The van der Waals surface area contributed by atoms with Crippen molar-refractivity contribution >= 4 is 27.7 Å². The molecule has 3 aromatic rings. The predicted octanol–water partition coefficient (Wildman–Crippen LogP) is 6.44. The topological polar surface area (TPSA) is 57.8 Å². The van der Waals surface area contributed by atoms with E-state index in [4.69, 9.17) is 0 Å². The Hall–Kier alpha value is -2.36. The van der Waals surface area contributed by atoms with Gasteiger partial charge in [0.05, 0.1) is 11.7 Å². The van der Waals surface area contributed by atoms with Gasteiger partial charge in [0, 0.05) is 34.4 Å². The number of benzene rings is 1. The van der Waals surface area contributed by atoms with Crippen LogP contribution in [0, 0.1) is 0 Å². The number of carbonyl (C=O) groups excluding carboxylic acids is 1. The summed E-state index contributed by atoms with van der Waals surface area (Å²) in [7, 11) is 0. The number of nitrogens with zero attached hydrogens (tertiary/aromatic N) is 1. The Bertz CT molecular complexity index is 949. The van der Waals surface area contributed by atoms with Crippen LogP contribution in [-0.4, -0.2) is 21.9 Å². The minimum Gasteiger partial charge on any atom is -0.353 e. The van der Waals surface area contributed by atoms with E-state index >= 15 is 0 Å². The molecule has 0 unspecified atom stereocenters. The SMILES string of the molecule is O=C(CCc1cc2c(cn1)[nH]c1ccccc12)NC1CCCCCCCCCCC1. The van der Waals surface area contributed by atoms with Crippen LogP contribution in [0.3, 0.4) is 0 Å². The number of para-hydroxylation sites is 1. The zero-order valence-corrected chi connectivity index (χ0v) is 18.1. The summed E-state index contributed by atoms with van der Waals surface area (Å²) in [5.41, 5.74) is 3.17. The molecule has 2 aromatic heterocycles. The summed E-state index contributed by atoms with van der Waals surface area (Å²) in [4.78, 5) is 20.6. The Morgan fingerprint density at radius 3 is 2.30 bits per heavy atom. The number of hydrogen-bond acceptors (Lipinski definition) is 2. The quantitative estimate of drug-likeness (QED) is 0.525. The van der Waals surface area contributed by atoms with Gasteiger partial charge in [0.25, 0.3) is 0 Å². The van der Waals surface area contributed by atoms with Gasteiger partial charge >= 0.3 is 0 Å². The standard InChI is InChI=1S/C26H35N3O/c30-26(28-20-12-8-6-4-2-1-3-5-7-9-13-20)17-16-21-18-23-22-14-10-11-15-24(22)29-25(23)19-27-21/h10-11,14-15,18-20,29H,1-9,12-13,16-17H2,(H,28,30). The molecule has 30 heavy (non-hydrogen) atoms. The molecule has 2 heterocycles. The second kappa shape index (κ2) is 10.6. The van der Waals surface area contributed by atoms with Crippen LogP contribution in [0.5, 0.6) is 0 Å². The van der Waals surface area contributed by atoms with Crippen molar-refractivity contribution in [2.45, 2.75) is 89.5 Å². The highest BCUT2D eigenvalue weighted by molar-refractivity contribution is 6.06. The molecule has 1 aliphatic rings. The molecule has 2 N–H and O–H groups in total. The number of pyridine rings is 1. The summed E-state index contributed by atoms with van der Waals surface area (Å²) in [5, 5.41) is 5.74. The average molecular weight is 406 g/mol. The third-order valence-corrected chi connectivity index (χ3v) is 6.53. The summed E-state index contributed by atoms with van der Waals surface area (Å²) in [6, 6.07) is 10.8. The Balaban J connectivity index is 1.32. The van der Waals surface area contributed by atoms with Crippen molar-refractivity contribution in [1.82, 2.24) is 15.3 Å². The Labute approximate surface area is 179 Å². The van der Waals surface area contributed by atoms with Crippen molar-refractivity contribution in [3.63, 3.8) is 0 Å². The van der Waals surface area contributed by atoms with Gasteiger partial charge in [0.15, 0.2) is 0 Å². The lowest BCUT2D eigenvalue weighted by molar-refractivity contribution is -0.121. The molecule has 1 fully saturated rings. The second-order valence-corrected chi connectivity index (χ2v) is 8.92. The minimum absolute atomic E-state index is 0.174.